The smallest absolute Gasteiger partial charge is 0.245 e. The Morgan fingerprint density at radius 1 is 1.17 bits per heavy atom. The zero-order valence-electron chi connectivity index (χ0n) is 18.0. The van der Waals surface area contributed by atoms with E-state index in [1.54, 1.807) is 11.8 Å². The molecule has 1 atom stereocenters. The molecule has 7 heteroatoms. The van der Waals surface area contributed by atoms with Gasteiger partial charge < -0.3 is 19.1 Å². The summed E-state index contributed by atoms with van der Waals surface area (Å²) in [6, 6.07) is 10.1. The van der Waals surface area contributed by atoms with Crippen LogP contribution in [0.2, 0.25) is 0 Å². The third-order valence-corrected chi connectivity index (χ3v) is 6.45. The number of para-hydroxylation sites is 1. The number of hydrogen-bond donors (Lipinski definition) is 0. The summed E-state index contributed by atoms with van der Waals surface area (Å²) in [6.45, 7) is 7.57. The number of likely N-dealkylation sites (tertiary alicyclic amines) is 1. The van der Waals surface area contributed by atoms with Gasteiger partial charge in [0.2, 0.25) is 11.8 Å². The Morgan fingerprint density at radius 2 is 1.93 bits per heavy atom. The molecule has 2 fully saturated rings. The number of amides is 2. The maximum absolute atomic E-state index is 13.5. The van der Waals surface area contributed by atoms with Gasteiger partial charge in [0.15, 0.2) is 0 Å². The zero-order chi connectivity index (χ0) is 21.1. The second-order valence-electron chi connectivity index (χ2n) is 8.34. The lowest BCUT2D eigenvalue weighted by Crippen LogP contribution is -2.49. The molecule has 0 N–H and O–H groups in total. The first kappa shape index (κ1) is 20.9. The number of aryl methyl sites for hydroxylation is 1. The van der Waals surface area contributed by atoms with Crippen LogP contribution < -0.4 is 0 Å². The van der Waals surface area contributed by atoms with Gasteiger partial charge in [0.05, 0.1) is 19.8 Å². The molecule has 4 rings (SSSR count). The minimum absolute atomic E-state index is 0.0106. The highest BCUT2D eigenvalue weighted by atomic mass is 16.5. The summed E-state index contributed by atoms with van der Waals surface area (Å²) in [7, 11) is 2.06. The second-order valence-corrected chi connectivity index (χ2v) is 8.34. The molecule has 2 amide bonds. The third-order valence-electron chi connectivity index (χ3n) is 6.45. The minimum atomic E-state index is -0.332. The second kappa shape index (κ2) is 9.18. The minimum Gasteiger partial charge on any atom is -0.379 e. The monoisotopic (exact) mass is 412 g/mol. The maximum atomic E-state index is 13.5. The van der Waals surface area contributed by atoms with E-state index in [2.05, 4.69) is 34.7 Å². The van der Waals surface area contributed by atoms with E-state index in [9.17, 15) is 9.59 Å². The van der Waals surface area contributed by atoms with Gasteiger partial charge in [0, 0.05) is 57.9 Å². The molecular formula is C23H32N4O3. The lowest BCUT2D eigenvalue weighted by atomic mass is 10.1. The summed E-state index contributed by atoms with van der Waals surface area (Å²) in [4.78, 5) is 31.6. The standard InChI is InChI=1S/C23H32N4O3/c1-18(28)27-9-5-8-22(27)23(29)26(11-10-25-12-14-30-15-13-25)17-20-16-19-6-3-4-7-21(19)24(20)2/h3-4,6-7,16,22H,5,8-15,17H2,1-2H3. The molecular weight excluding hydrogens is 380 g/mol. The van der Waals surface area contributed by atoms with Gasteiger partial charge in [0.25, 0.3) is 0 Å². The molecule has 1 unspecified atom stereocenters. The molecule has 2 aliphatic heterocycles. The molecule has 0 aliphatic carbocycles. The molecule has 1 aromatic heterocycles. The van der Waals surface area contributed by atoms with Gasteiger partial charge in [-0.2, -0.15) is 0 Å². The van der Waals surface area contributed by atoms with Crippen LogP contribution in [0.15, 0.2) is 30.3 Å². The molecule has 0 spiro atoms. The van der Waals surface area contributed by atoms with Crippen molar-refractivity contribution in [3.63, 3.8) is 0 Å². The van der Waals surface area contributed by atoms with Crippen molar-refractivity contribution in [2.75, 3.05) is 45.9 Å². The molecule has 7 nitrogen and oxygen atoms in total. The summed E-state index contributed by atoms with van der Waals surface area (Å²) in [6.07, 6.45) is 1.64. The first-order valence-corrected chi connectivity index (χ1v) is 10.9. The predicted octanol–water partition coefficient (Wildman–Crippen LogP) is 1.85. The van der Waals surface area contributed by atoms with E-state index < -0.39 is 0 Å². The number of fused-ring (bicyclic) bond motifs is 1. The van der Waals surface area contributed by atoms with Crippen molar-refractivity contribution in [2.24, 2.45) is 7.05 Å². The van der Waals surface area contributed by atoms with Crippen molar-refractivity contribution in [3.8, 4) is 0 Å². The van der Waals surface area contributed by atoms with E-state index in [-0.39, 0.29) is 17.9 Å². The molecule has 2 saturated heterocycles. The molecule has 2 aliphatic rings. The van der Waals surface area contributed by atoms with Gasteiger partial charge >= 0.3 is 0 Å². The number of hydrogen-bond acceptors (Lipinski definition) is 4. The predicted molar refractivity (Wildman–Crippen MR) is 116 cm³/mol. The molecule has 162 valence electrons. The van der Waals surface area contributed by atoms with E-state index in [1.807, 2.05) is 17.0 Å². The molecule has 1 aromatic carbocycles. The highest BCUT2D eigenvalue weighted by Crippen LogP contribution is 2.23. The molecule has 3 heterocycles. The van der Waals surface area contributed by atoms with Crippen LogP contribution in [0.5, 0.6) is 0 Å². The Balaban J connectivity index is 1.54. The van der Waals surface area contributed by atoms with Gasteiger partial charge in [0.1, 0.15) is 6.04 Å². The summed E-state index contributed by atoms with van der Waals surface area (Å²) in [5, 5.41) is 1.18. The topological polar surface area (TPSA) is 58.0 Å². The van der Waals surface area contributed by atoms with Gasteiger partial charge in [-0.15, -0.1) is 0 Å². The number of aromatic nitrogens is 1. The molecule has 0 radical (unpaired) electrons. The molecule has 30 heavy (non-hydrogen) atoms. The highest BCUT2D eigenvalue weighted by molar-refractivity contribution is 5.88. The summed E-state index contributed by atoms with van der Waals surface area (Å²) in [5.74, 6) is 0.0600. The highest BCUT2D eigenvalue weighted by Gasteiger charge is 2.35. The van der Waals surface area contributed by atoms with E-state index in [0.29, 0.717) is 19.6 Å². The van der Waals surface area contributed by atoms with E-state index in [4.69, 9.17) is 4.74 Å². The number of nitrogens with zero attached hydrogens (tertiary/aromatic N) is 4. The quantitative estimate of drug-likeness (QED) is 0.727. The molecule has 0 saturated carbocycles. The van der Waals surface area contributed by atoms with Crippen LogP contribution in [0.25, 0.3) is 10.9 Å². The van der Waals surface area contributed by atoms with Gasteiger partial charge in [-0.25, -0.2) is 0 Å². The summed E-state index contributed by atoms with van der Waals surface area (Å²) < 4.78 is 7.62. The fourth-order valence-electron chi connectivity index (χ4n) is 4.66. The first-order chi connectivity index (χ1) is 14.5. The van der Waals surface area contributed by atoms with Crippen molar-refractivity contribution in [3.05, 3.63) is 36.0 Å². The summed E-state index contributed by atoms with van der Waals surface area (Å²) in [5.41, 5.74) is 2.28. The van der Waals surface area contributed by atoms with E-state index in [1.165, 1.54) is 10.9 Å². The van der Waals surface area contributed by atoms with Crippen LogP contribution in [0.3, 0.4) is 0 Å². The molecule has 2 aromatic rings. The van der Waals surface area contributed by atoms with Gasteiger partial charge in [-0.1, -0.05) is 18.2 Å². The first-order valence-electron chi connectivity index (χ1n) is 10.9. The normalized spacial score (nSPS) is 20.1. The van der Waals surface area contributed by atoms with Crippen molar-refractivity contribution in [2.45, 2.75) is 32.4 Å². The SMILES string of the molecule is CC(=O)N1CCCC1C(=O)N(CCN1CCOCC1)Cc1cc2ccccc2n1C. The number of ether oxygens (including phenoxy) is 1. The largest absolute Gasteiger partial charge is 0.379 e. The number of carbonyl (C=O) groups excluding carboxylic acids is 2. The Morgan fingerprint density at radius 3 is 2.67 bits per heavy atom. The van der Waals surface area contributed by atoms with Crippen molar-refractivity contribution < 1.29 is 14.3 Å². The summed E-state index contributed by atoms with van der Waals surface area (Å²) >= 11 is 0. The van der Waals surface area contributed by atoms with Gasteiger partial charge in [-0.05, 0) is 30.4 Å². The Labute approximate surface area is 178 Å². The van der Waals surface area contributed by atoms with Crippen LogP contribution in [0.1, 0.15) is 25.5 Å². The average Bonchev–Trinajstić information content (AvgIpc) is 3.37. The van der Waals surface area contributed by atoms with Crippen LogP contribution in [0, 0.1) is 0 Å². The van der Waals surface area contributed by atoms with E-state index in [0.717, 1.165) is 51.4 Å². The fourth-order valence-corrected chi connectivity index (χ4v) is 4.66. The number of benzene rings is 1. The van der Waals surface area contributed by atoms with Crippen LogP contribution >= 0.6 is 0 Å². The van der Waals surface area contributed by atoms with Crippen LogP contribution in [0.4, 0.5) is 0 Å². The lowest BCUT2D eigenvalue weighted by Gasteiger charge is -2.33. The van der Waals surface area contributed by atoms with Crippen LogP contribution in [-0.2, 0) is 27.9 Å². The van der Waals surface area contributed by atoms with Gasteiger partial charge in [-0.3, -0.25) is 14.5 Å². The maximum Gasteiger partial charge on any atom is 0.245 e. The van der Waals surface area contributed by atoms with Crippen molar-refractivity contribution >= 4 is 22.7 Å². The van der Waals surface area contributed by atoms with E-state index >= 15 is 0 Å². The number of morpholine rings is 1. The third kappa shape index (κ3) is 4.37. The Bertz CT molecular complexity index is 903. The van der Waals surface area contributed by atoms with Crippen molar-refractivity contribution in [1.82, 2.24) is 19.3 Å². The Kier molecular flexibility index (Phi) is 6.39. The number of carbonyl (C=O) groups is 2. The average molecular weight is 413 g/mol. The van der Waals surface area contributed by atoms with Crippen molar-refractivity contribution in [1.29, 1.82) is 0 Å². The van der Waals surface area contributed by atoms with Crippen LogP contribution in [-0.4, -0.2) is 83.1 Å². The Hall–Kier alpha value is -2.38. The lowest BCUT2D eigenvalue weighted by molar-refractivity contribution is -0.143. The fraction of sp³-hybridized carbons (Fsp3) is 0.565. The molecule has 0 bridgehead atoms. The zero-order valence-corrected chi connectivity index (χ0v) is 18.0. The number of rotatable bonds is 6.